The quantitative estimate of drug-likeness (QED) is 0.838. The first-order valence-corrected chi connectivity index (χ1v) is 6.37. The summed E-state index contributed by atoms with van der Waals surface area (Å²) in [6, 6.07) is 8.82. The van der Waals surface area contributed by atoms with Crippen LogP contribution >= 0.6 is 0 Å². The van der Waals surface area contributed by atoms with Crippen LogP contribution in [0.3, 0.4) is 0 Å². The number of aromatic nitrogens is 1. The van der Waals surface area contributed by atoms with Crippen molar-refractivity contribution in [3.8, 4) is 5.88 Å². The van der Waals surface area contributed by atoms with Crippen molar-refractivity contribution in [2.75, 3.05) is 17.7 Å². The maximum absolute atomic E-state index is 12.2. The molecule has 0 atom stereocenters. The number of carbonyl (C=O) groups excluding carboxylic acids is 1. The standard InChI is InChI=1S/C15H17N3O2/c1-3-20-13-8-7-11(9-17-13)18-15(19)14-10(2)5-4-6-12(14)16/h4-9H,3,16H2,1-2H3,(H,18,19). The maximum Gasteiger partial charge on any atom is 0.258 e. The van der Waals surface area contributed by atoms with E-state index >= 15 is 0 Å². The van der Waals surface area contributed by atoms with Gasteiger partial charge >= 0.3 is 0 Å². The van der Waals surface area contributed by atoms with Gasteiger partial charge in [0.05, 0.1) is 24.1 Å². The van der Waals surface area contributed by atoms with Crippen LogP contribution in [-0.2, 0) is 0 Å². The van der Waals surface area contributed by atoms with Gasteiger partial charge in [0, 0.05) is 11.8 Å². The molecule has 2 aromatic rings. The maximum atomic E-state index is 12.2. The number of nitrogens with one attached hydrogen (secondary N) is 1. The third kappa shape index (κ3) is 3.06. The molecule has 0 aliphatic rings. The highest BCUT2D eigenvalue weighted by Crippen LogP contribution is 2.19. The van der Waals surface area contributed by atoms with Gasteiger partial charge in [0.1, 0.15) is 0 Å². The van der Waals surface area contributed by atoms with Gasteiger partial charge < -0.3 is 15.8 Å². The minimum absolute atomic E-state index is 0.244. The number of hydrogen-bond acceptors (Lipinski definition) is 4. The summed E-state index contributed by atoms with van der Waals surface area (Å²) < 4.78 is 5.24. The van der Waals surface area contributed by atoms with E-state index in [9.17, 15) is 4.79 Å². The number of pyridine rings is 1. The van der Waals surface area contributed by atoms with Crippen LogP contribution in [0, 0.1) is 6.92 Å². The largest absolute Gasteiger partial charge is 0.478 e. The van der Waals surface area contributed by atoms with Crippen molar-refractivity contribution in [2.24, 2.45) is 0 Å². The lowest BCUT2D eigenvalue weighted by Gasteiger charge is -2.10. The number of ether oxygens (including phenoxy) is 1. The number of nitrogen functional groups attached to an aromatic ring is 1. The molecule has 1 amide bonds. The van der Waals surface area contributed by atoms with Crippen LogP contribution in [0.5, 0.6) is 5.88 Å². The Kier molecular flexibility index (Phi) is 4.20. The molecule has 0 aliphatic carbocycles. The topological polar surface area (TPSA) is 77.2 Å². The molecule has 5 heteroatoms. The number of benzene rings is 1. The number of anilines is 2. The van der Waals surface area contributed by atoms with Gasteiger partial charge in [0.25, 0.3) is 5.91 Å². The minimum Gasteiger partial charge on any atom is -0.478 e. The summed E-state index contributed by atoms with van der Waals surface area (Å²) in [5.74, 6) is 0.285. The number of rotatable bonds is 4. The Morgan fingerprint density at radius 2 is 2.15 bits per heavy atom. The predicted molar refractivity (Wildman–Crippen MR) is 79.0 cm³/mol. The summed E-state index contributed by atoms with van der Waals surface area (Å²) in [5, 5.41) is 2.77. The Labute approximate surface area is 117 Å². The summed E-state index contributed by atoms with van der Waals surface area (Å²) >= 11 is 0. The van der Waals surface area contributed by atoms with Crippen molar-refractivity contribution in [2.45, 2.75) is 13.8 Å². The predicted octanol–water partition coefficient (Wildman–Crippen LogP) is 2.62. The molecule has 104 valence electrons. The third-order valence-electron chi connectivity index (χ3n) is 2.82. The van der Waals surface area contributed by atoms with Gasteiger partial charge in [0.15, 0.2) is 0 Å². The van der Waals surface area contributed by atoms with Gasteiger partial charge in [0.2, 0.25) is 5.88 Å². The summed E-state index contributed by atoms with van der Waals surface area (Å²) in [6.45, 7) is 4.29. The number of hydrogen-bond donors (Lipinski definition) is 2. The molecule has 0 spiro atoms. The molecule has 5 nitrogen and oxygen atoms in total. The fraction of sp³-hybridized carbons (Fsp3) is 0.200. The average Bonchev–Trinajstić information content (AvgIpc) is 2.41. The Bertz CT molecular complexity index is 589. The van der Waals surface area contributed by atoms with Crippen LogP contribution in [-0.4, -0.2) is 17.5 Å². The second-order valence-corrected chi connectivity index (χ2v) is 4.31. The Hall–Kier alpha value is -2.56. The molecule has 0 aliphatic heterocycles. The van der Waals surface area contributed by atoms with E-state index in [4.69, 9.17) is 10.5 Å². The lowest BCUT2D eigenvalue weighted by Crippen LogP contribution is -2.15. The first-order chi connectivity index (χ1) is 9.61. The first-order valence-electron chi connectivity index (χ1n) is 6.37. The van der Waals surface area contributed by atoms with E-state index in [0.29, 0.717) is 29.4 Å². The van der Waals surface area contributed by atoms with Crippen LogP contribution in [0.1, 0.15) is 22.8 Å². The Morgan fingerprint density at radius 3 is 2.75 bits per heavy atom. The molecule has 2 rings (SSSR count). The number of aryl methyl sites for hydroxylation is 1. The third-order valence-corrected chi connectivity index (χ3v) is 2.82. The highest BCUT2D eigenvalue weighted by molar-refractivity contribution is 6.08. The Morgan fingerprint density at radius 1 is 1.35 bits per heavy atom. The highest BCUT2D eigenvalue weighted by atomic mass is 16.5. The zero-order chi connectivity index (χ0) is 14.5. The molecule has 0 unspecified atom stereocenters. The first kappa shape index (κ1) is 13.9. The van der Waals surface area contributed by atoms with Crippen LogP contribution in [0.15, 0.2) is 36.5 Å². The monoisotopic (exact) mass is 271 g/mol. The van der Waals surface area contributed by atoms with E-state index in [-0.39, 0.29) is 5.91 Å². The molecule has 0 fully saturated rings. The van der Waals surface area contributed by atoms with Gasteiger partial charge in [-0.1, -0.05) is 12.1 Å². The minimum atomic E-state index is -0.244. The van der Waals surface area contributed by atoms with Crippen molar-refractivity contribution in [1.29, 1.82) is 0 Å². The molecule has 0 radical (unpaired) electrons. The van der Waals surface area contributed by atoms with Crippen LogP contribution < -0.4 is 15.8 Å². The molecule has 3 N–H and O–H groups in total. The zero-order valence-corrected chi connectivity index (χ0v) is 11.5. The Balaban J connectivity index is 2.15. The lowest BCUT2D eigenvalue weighted by atomic mass is 10.1. The van der Waals surface area contributed by atoms with Crippen molar-refractivity contribution in [3.63, 3.8) is 0 Å². The fourth-order valence-corrected chi connectivity index (χ4v) is 1.88. The van der Waals surface area contributed by atoms with Crippen molar-refractivity contribution in [1.82, 2.24) is 4.98 Å². The van der Waals surface area contributed by atoms with E-state index in [1.54, 1.807) is 24.4 Å². The summed E-state index contributed by atoms with van der Waals surface area (Å²) in [6.07, 6.45) is 1.55. The fourth-order valence-electron chi connectivity index (χ4n) is 1.88. The van der Waals surface area contributed by atoms with E-state index < -0.39 is 0 Å². The molecule has 20 heavy (non-hydrogen) atoms. The SMILES string of the molecule is CCOc1ccc(NC(=O)c2c(C)cccc2N)cn1. The highest BCUT2D eigenvalue weighted by Gasteiger charge is 2.12. The van der Waals surface area contributed by atoms with Crippen molar-refractivity contribution >= 4 is 17.3 Å². The second-order valence-electron chi connectivity index (χ2n) is 4.31. The second kappa shape index (κ2) is 6.06. The van der Waals surface area contributed by atoms with Gasteiger partial charge in [-0.25, -0.2) is 4.98 Å². The van der Waals surface area contributed by atoms with Crippen molar-refractivity contribution < 1.29 is 9.53 Å². The van der Waals surface area contributed by atoms with Gasteiger partial charge in [-0.05, 0) is 31.5 Å². The summed E-state index contributed by atoms with van der Waals surface area (Å²) in [7, 11) is 0. The molecule has 1 aromatic heterocycles. The zero-order valence-electron chi connectivity index (χ0n) is 11.5. The number of nitrogens with zero attached hydrogens (tertiary/aromatic N) is 1. The molecule has 1 aromatic carbocycles. The molecular weight excluding hydrogens is 254 g/mol. The molecule has 0 bridgehead atoms. The molecular formula is C15H17N3O2. The number of nitrogens with two attached hydrogens (primary N) is 1. The summed E-state index contributed by atoms with van der Waals surface area (Å²) in [5.41, 5.74) is 8.22. The molecule has 1 heterocycles. The van der Waals surface area contributed by atoms with Gasteiger partial charge in [-0.3, -0.25) is 4.79 Å². The normalized spacial score (nSPS) is 10.1. The molecule has 0 saturated carbocycles. The van der Waals surface area contributed by atoms with E-state index in [2.05, 4.69) is 10.3 Å². The van der Waals surface area contributed by atoms with E-state index in [1.165, 1.54) is 0 Å². The van der Waals surface area contributed by atoms with Crippen molar-refractivity contribution in [3.05, 3.63) is 47.7 Å². The number of amides is 1. The average molecular weight is 271 g/mol. The smallest absolute Gasteiger partial charge is 0.258 e. The van der Waals surface area contributed by atoms with Gasteiger partial charge in [-0.2, -0.15) is 0 Å². The van der Waals surface area contributed by atoms with Crippen LogP contribution in [0.2, 0.25) is 0 Å². The van der Waals surface area contributed by atoms with Crippen LogP contribution in [0.25, 0.3) is 0 Å². The molecule has 0 saturated heterocycles. The van der Waals surface area contributed by atoms with Gasteiger partial charge in [-0.15, -0.1) is 0 Å². The van der Waals surface area contributed by atoms with E-state index in [1.807, 2.05) is 26.0 Å². The van der Waals surface area contributed by atoms with E-state index in [0.717, 1.165) is 5.56 Å². The number of carbonyl (C=O) groups is 1. The lowest BCUT2D eigenvalue weighted by molar-refractivity contribution is 0.102. The van der Waals surface area contributed by atoms with Crippen LogP contribution in [0.4, 0.5) is 11.4 Å². The summed E-state index contributed by atoms with van der Waals surface area (Å²) in [4.78, 5) is 16.3.